The molecular formula is C27H40N2O4. The lowest BCUT2D eigenvalue weighted by atomic mass is 9.96. The number of anilines is 2. The molecule has 0 bridgehead atoms. The lowest BCUT2D eigenvalue weighted by molar-refractivity contribution is 0.0684. The van der Waals surface area contributed by atoms with E-state index in [1.165, 1.54) is 0 Å². The van der Waals surface area contributed by atoms with Crippen molar-refractivity contribution in [3.63, 3.8) is 0 Å². The Morgan fingerprint density at radius 2 is 1.39 bits per heavy atom. The first-order valence-corrected chi connectivity index (χ1v) is 11.7. The Labute approximate surface area is 198 Å². The van der Waals surface area contributed by atoms with E-state index < -0.39 is 11.9 Å². The maximum Gasteiger partial charge on any atom is 0.335 e. The van der Waals surface area contributed by atoms with E-state index in [4.69, 9.17) is 10.2 Å². The largest absolute Gasteiger partial charge is 0.478 e. The molecule has 0 unspecified atom stereocenters. The number of carboxylic acid groups (broad SMARTS) is 2. The van der Waals surface area contributed by atoms with Gasteiger partial charge >= 0.3 is 11.9 Å². The Balaban J connectivity index is 0.000000331. The second-order valence-electron chi connectivity index (χ2n) is 8.55. The molecule has 2 aromatic carbocycles. The van der Waals surface area contributed by atoms with Crippen molar-refractivity contribution in [1.82, 2.24) is 0 Å². The van der Waals surface area contributed by atoms with Gasteiger partial charge in [-0.05, 0) is 80.1 Å². The first kappa shape index (κ1) is 28.0. The zero-order valence-corrected chi connectivity index (χ0v) is 21.2. The van der Waals surface area contributed by atoms with Crippen molar-refractivity contribution in [3.8, 4) is 0 Å². The van der Waals surface area contributed by atoms with Gasteiger partial charge in [-0.25, -0.2) is 9.59 Å². The van der Waals surface area contributed by atoms with Crippen LogP contribution in [0.15, 0.2) is 36.4 Å². The van der Waals surface area contributed by atoms with Gasteiger partial charge in [0.1, 0.15) is 0 Å². The number of hydrogen-bond donors (Lipinski definition) is 2. The lowest BCUT2D eigenvalue weighted by Crippen LogP contribution is -2.22. The van der Waals surface area contributed by atoms with Crippen LogP contribution in [0.1, 0.15) is 85.2 Å². The minimum Gasteiger partial charge on any atom is -0.478 e. The third-order valence-electron chi connectivity index (χ3n) is 5.65. The predicted octanol–water partition coefficient (Wildman–Crippen LogP) is 6.15. The molecule has 0 heterocycles. The van der Waals surface area contributed by atoms with Crippen molar-refractivity contribution < 1.29 is 19.8 Å². The van der Waals surface area contributed by atoms with Crippen molar-refractivity contribution in [3.05, 3.63) is 58.7 Å². The van der Waals surface area contributed by atoms with Gasteiger partial charge in [-0.15, -0.1) is 0 Å². The van der Waals surface area contributed by atoms with Crippen LogP contribution in [0.5, 0.6) is 0 Å². The van der Waals surface area contributed by atoms with Crippen molar-refractivity contribution in [2.75, 3.05) is 37.0 Å². The minimum absolute atomic E-state index is 0.219. The first-order chi connectivity index (χ1) is 15.6. The molecule has 6 nitrogen and oxygen atoms in total. The summed E-state index contributed by atoms with van der Waals surface area (Å²) in [5, 5.41) is 18.2. The van der Waals surface area contributed by atoms with Crippen LogP contribution >= 0.6 is 0 Å². The van der Waals surface area contributed by atoms with Crippen LogP contribution in [0.25, 0.3) is 0 Å². The zero-order chi connectivity index (χ0) is 25.1. The molecule has 0 saturated carbocycles. The van der Waals surface area contributed by atoms with Crippen LogP contribution in [0.3, 0.4) is 0 Å². The van der Waals surface area contributed by atoms with Crippen molar-refractivity contribution in [2.45, 2.75) is 59.8 Å². The van der Waals surface area contributed by atoms with Crippen LogP contribution in [-0.4, -0.2) is 49.3 Å². The Morgan fingerprint density at radius 3 is 1.85 bits per heavy atom. The summed E-state index contributed by atoms with van der Waals surface area (Å²) in [7, 11) is 3.92. The van der Waals surface area contributed by atoms with Gasteiger partial charge in [0.15, 0.2) is 0 Å². The molecule has 0 fully saturated rings. The molecule has 0 aliphatic carbocycles. The fourth-order valence-electron chi connectivity index (χ4n) is 3.65. The molecule has 33 heavy (non-hydrogen) atoms. The Morgan fingerprint density at radius 1 is 0.848 bits per heavy atom. The topological polar surface area (TPSA) is 81.1 Å². The quantitative estimate of drug-likeness (QED) is 0.446. The molecule has 2 N–H and O–H groups in total. The zero-order valence-electron chi connectivity index (χ0n) is 21.2. The van der Waals surface area contributed by atoms with Crippen LogP contribution in [0.4, 0.5) is 11.4 Å². The first-order valence-electron chi connectivity index (χ1n) is 11.7. The molecular weight excluding hydrogens is 416 g/mol. The molecule has 182 valence electrons. The average molecular weight is 457 g/mol. The van der Waals surface area contributed by atoms with E-state index in [2.05, 4.69) is 25.7 Å². The molecule has 0 aliphatic rings. The number of benzene rings is 2. The van der Waals surface area contributed by atoms with Crippen LogP contribution in [0, 0.1) is 0 Å². The lowest BCUT2D eigenvalue weighted by Gasteiger charge is -2.23. The molecule has 0 atom stereocenters. The summed E-state index contributed by atoms with van der Waals surface area (Å²) in [6.45, 7) is 12.2. The van der Waals surface area contributed by atoms with Gasteiger partial charge in [0.05, 0.1) is 11.1 Å². The number of carbonyl (C=O) groups is 2. The Hall–Kier alpha value is -3.02. The SMILES string of the molecule is CCCCc1cc(N(C)C)ccc1C(=O)O.CCN(CC)c1ccc(C(=O)O)c(C(C)C)c1. The monoisotopic (exact) mass is 456 g/mol. The molecule has 0 spiro atoms. The molecule has 0 saturated heterocycles. The number of aryl methyl sites for hydroxylation is 1. The molecule has 0 radical (unpaired) electrons. The van der Waals surface area contributed by atoms with Crippen molar-refractivity contribution >= 4 is 23.3 Å². The summed E-state index contributed by atoms with van der Waals surface area (Å²) in [6, 6.07) is 11.1. The smallest absolute Gasteiger partial charge is 0.335 e. The fourth-order valence-corrected chi connectivity index (χ4v) is 3.65. The summed E-state index contributed by atoms with van der Waals surface area (Å²) in [5.41, 5.74) is 4.83. The number of carboxylic acids is 2. The Bertz CT molecular complexity index is 918. The van der Waals surface area contributed by atoms with Gasteiger partial charge in [0.2, 0.25) is 0 Å². The van der Waals surface area contributed by atoms with Crippen molar-refractivity contribution in [1.29, 1.82) is 0 Å². The van der Waals surface area contributed by atoms with Crippen molar-refractivity contribution in [2.24, 2.45) is 0 Å². The van der Waals surface area contributed by atoms with E-state index in [1.807, 2.05) is 57.1 Å². The van der Waals surface area contributed by atoms with E-state index in [-0.39, 0.29) is 5.92 Å². The van der Waals surface area contributed by atoms with E-state index in [1.54, 1.807) is 12.1 Å². The maximum absolute atomic E-state index is 11.1. The summed E-state index contributed by atoms with van der Waals surface area (Å²) < 4.78 is 0. The van der Waals surface area contributed by atoms with Gasteiger partial charge in [-0.3, -0.25) is 0 Å². The number of nitrogens with zero attached hydrogens (tertiary/aromatic N) is 2. The van der Waals surface area contributed by atoms with E-state index in [0.29, 0.717) is 11.1 Å². The molecule has 0 aromatic heterocycles. The number of rotatable bonds is 10. The van der Waals surface area contributed by atoms with Crippen LogP contribution in [0.2, 0.25) is 0 Å². The van der Waals surface area contributed by atoms with E-state index in [9.17, 15) is 9.59 Å². The van der Waals surface area contributed by atoms with Crippen LogP contribution in [-0.2, 0) is 6.42 Å². The summed E-state index contributed by atoms with van der Waals surface area (Å²) in [6.07, 6.45) is 2.93. The fraction of sp³-hybridized carbons (Fsp3) is 0.481. The average Bonchev–Trinajstić information content (AvgIpc) is 2.78. The van der Waals surface area contributed by atoms with Gasteiger partial charge in [0.25, 0.3) is 0 Å². The third-order valence-corrected chi connectivity index (χ3v) is 5.65. The molecule has 6 heteroatoms. The number of hydrogen-bond acceptors (Lipinski definition) is 4. The number of aromatic carboxylic acids is 2. The highest BCUT2D eigenvalue weighted by Gasteiger charge is 2.15. The molecule has 2 aromatic rings. The summed E-state index contributed by atoms with van der Waals surface area (Å²) in [4.78, 5) is 26.4. The molecule has 0 aliphatic heterocycles. The van der Waals surface area contributed by atoms with Gasteiger partial charge in [-0.2, -0.15) is 0 Å². The van der Waals surface area contributed by atoms with Gasteiger partial charge < -0.3 is 20.0 Å². The van der Waals surface area contributed by atoms with Gasteiger partial charge in [0, 0.05) is 38.6 Å². The third kappa shape index (κ3) is 8.12. The van der Waals surface area contributed by atoms with E-state index >= 15 is 0 Å². The Kier molecular flexibility index (Phi) is 11.5. The highest BCUT2D eigenvalue weighted by Crippen LogP contribution is 2.26. The number of unbranched alkanes of at least 4 members (excludes halogenated alkanes) is 1. The second-order valence-corrected chi connectivity index (χ2v) is 8.55. The highest BCUT2D eigenvalue weighted by atomic mass is 16.4. The van der Waals surface area contributed by atoms with Crippen LogP contribution < -0.4 is 9.80 Å². The maximum atomic E-state index is 11.1. The minimum atomic E-state index is -0.847. The molecule has 0 amide bonds. The standard InChI is InChI=1S/C14H21NO2.C13H19NO2/c1-5-15(6-2)11-7-8-12(14(16)17)13(9-11)10(3)4;1-4-5-6-10-9-11(14(2)3)7-8-12(10)13(15)16/h7-10H,5-6H2,1-4H3,(H,16,17);7-9H,4-6H2,1-3H3,(H,15,16). The summed E-state index contributed by atoms with van der Waals surface area (Å²) in [5.74, 6) is -1.46. The highest BCUT2D eigenvalue weighted by molar-refractivity contribution is 5.90. The predicted molar refractivity (Wildman–Crippen MR) is 137 cm³/mol. The summed E-state index contributed by atoms with van der Waals surface area (Å²) >= 11 is 0. The van der Waals surface area contributed by atoms with E-state index in [0.717, 1.165) is 54.9 Å². The van der Waals surface area contributed by atoms with Gasteiger partial charge in [-0.1, -0.05) is 27.2 Å². The normalized spacial score (nSPS) is 10.4. The molecule has 2 rings (SSSR count). The second kappa shape index (κ2) is 13.5.